The summed E-state index contributed by atoms with van der Waals surface area (Å²) in [7, 11) is 1.62. The highest BCUT2D eigenvalue weighted by Crippen LogP contribution is 2.38. The third-order valence-corrected chi connectivity index (χ3v) is 6.39. The first-order valence-corrected chi connectivity index (χ1v) is 11.5. The minimum absolute atomic E-state index is 0.0384. The number of fused-ring (bicyclic) bond motifs is 1. The molecule has 0 saturated carbocycles. The molecular weight excluding hydrogens is 430 g/mol. The van der Waals surface area contributed by atoms with Gasteiger partial charge in [-0.25, -0.2) is 0 Å². The van der Waals surface area contributed by atoms with Crippen LogP contribution in [0.3, 0.4) is 0 Å². The van der Waals surface area contributed by atoms with Crippen LogP contribution in [0.1, 0.15) is 24.4 Å². The second-order valence-electron chi connectivity index (χ2n) is 7.54. The molecule has 166 valence electrons. The average molecular weight is 454 g/mol. The van der Waals surface area contributed by atoms with Gasteiger partial charge in [0.15, 0.2) is 11.5 Å². The van der Waals surface area contributed by atoms with E-state index in [2.05, 4.69) is 10.2 Å². The molecule has 1 fully saturated rings. The van der Waals surface area contributed by atoms with E-state index in [4.69, 9.17) is 18.6 Å². The lowest BCUT2D eigenvalue weighted by Gasteiger charge is -2.26. The summed E-state index contributed by atoms with van der Waals surface area (Å²) in [5.41, 5.74) is 1.87. The third-order valence-electron chi connectivity index (χ3n) is 5.59. The van der Waals surface area contributed by atoms with Gasteiger partial charge >= 0.3 is 0 Å². The minimum Gasteiger partial charge on any atom is -0.497 e. The number of likely N-dealkylation sites (tertiary alicyclic amines) is 1. The number of nitrogens with zero attached hydrogens (tertiary/aromatic N) is 3. The Kier molecular flexibility index (Phi) is 5.89. The molecule has 2 aromatic carbocycles. The van der Waals surface area contributed by atoms with Gasteiger partial charge in [0.25, 0.3) is 5.22 Å². The number of carbonyl (C=O) groups is 1. The van der Waals surface area contributed by atoms with Gasteiger partial charge in [0.1, 0.15) is 19.0 Å². The van der Waals surface area contributed by atoms with Crippen LogP contribution in [0, 0.1) is 0 Å². The molecule has 0 spiro atoms. The van der Waals surface area contributed by atoms with Gasteiger partial charge in [-0.15, -0.1) is 10.2 Å². The highest BCUT2D eigenvalue weighted by atomic mass is 32.2. The SMILES string of the molecule is COc1ccc(-c2nnc(SCC(=O)N3CCCC3c3ccc4c(c3)OCCO4)o2)cc1. The van der Waals surface area contributed by atoms with E-state index in [9.17, 15) is 4.79 Å². The molecule has 8 nitrogen and oxygen atoms in total. The van der Waals surface area contributed by atoms with Crippen molar-refractivity contribution >= 4 is 17.7 Å². The van der Waals surface area contributed by atoms with Crippen molar-refractivity contribution in [1.82, 2.24) is 15.1 Å². The molecule has 2 aliphatic rings. The van der Waals surface area contributed by atoms with Crippen molar-refractivity contribution < 1.29 is 23.4 Å². The molecule has 5 rings (SSSR count). The molecule has 0 radical (unpaired) electrons. The fraction of sp³-hybridized carbons (Fsp3) is 0.348. The fourth-order valence-electron chi connectivity index (χ4n) is 4.00. The van der Waals surface area contributed by atoms with E-state index < -0.39 is 0 Å². The number of carbonyl (C=O) groups excluding carboxylic acids is 1. The summed E-state index contributed by atoms with van der Waals surface area (Å²) in [4.78, 5) is 14.9. The maximum absolute atomic E-state index is 13.0. The van der Waals surface area contributed by atoms with Crippen LogP contribution in [-0.2, 0) is 4.79 Å². The first-order chi connectivity index (χ1) is 15.7. The standard InChI is InChI=1S/C23H23N3O5S/c1-28-17-7-4-15(5-8-17)22-24-25-23(31-22)32-14-21(27)26-10-2-3-18(26)16-6-9-19-20(13-16)30-12-11-29-19/h4-9,13,18H,2-3,10-12,14H2,1H3. The number of ether oxygens (including phenoxy) is 3. The molecule has 1 aromatic heterocycles. The summed E-state index contributed by atoms with van der Waals surface area (Å²) >= 11 is 1.26. The summed E-state index contributed by atoms with van der Waals surface area (Å²) in [5, 5.41) is 8.54. The van der Waals surface area contributed by atoms with Crippen molar-refractivity contribution in [3.63, 3.8) is 0 Å². The van der Waals surface area contributed by atoms with Crippen molar-refractivity contribution in [3.05, 3.63) is 48.0 Å². The fourth-order valence-corrected chi connectivity index (χ4v) is 4.65. The Morgan fingerprint density at radius 2 is 1.94 bits per heavy atom. The lowest BCUT2D eigenvalue weighted by molar-refractivity contribution is -0.129. The first-order valence-electron chi connectivity index (χ1n) is 10.5. The van der Waals surface area contributed by atoms with Gasteiger partial charge in [-0.05, 0) is 54.8 Å². The van der Waals surface area contributed by atoms with Crippen LogP contribution in [0.15, 0.2) is 52.1 Å². The van der Waals surface area contributed by atoms with E-state index in [1.54, 1.807) is 7.11 Å². The Bertz CT molecular complexity index is 1100. The van der Waals surface area contributed by atoms with Crippen LogP contribution in [0.5, 0.6) is 17.2 Å². The van der Waals surface area contributed by atoms with Gasteiger partial charge < -0.3 is 23.5 Å². The molecule has 2 aliphatic heterocycles. The van der Waals surface area contributed by atoms with E-state index in [0.29, 0.717) is 24.3 Å². The maximum atomic E-state index is 13.0. The number of hydrogen-bond donors (Lipinski definition) is 0. The van der Waals surface area contributed by atoms with Gasteiger partial charge in [-0.3, -0.25) is 4.79 Å². The molecular formula is C23H23N3O5S. The van der Waals surface area contributed by atoms with Crippen molar-refractivity contribution in [1.29, 1.82) is 0 Å². The van der Waals surface area contributed by atoms with Gasteiger partial charge in [0.05, 0.1) is 18.9 Å². The largest absolute Gasteiger partial charge is 0.497 e. The van der Waals surface area contributed by atoms with E-state index in [0.717, 1.165) is 47.8 Å². The first kappa shape index (κ1) is 20.7. The van der Waals surface area contributed by atoms with Gasteiger partial charge in [-0.1, -0.05) is 17.8 Å². The van der Waals surface area contributed by atoms with Crippen molar-refractivity contribution in [2.24, 2.45) is 0 Å². The third kappa shape index (κ3) is 4.25. The van der Waals surface area contributed by atoms with Crippen molar-refractivity contribution in [3.8, 4) is 28.7 Å². The topological polar surface area (TPSA) is 86.9 Å². The minimum atomic E-state index is 0.0384. The number of rotatable bonds is 6. The number of benzene rings is 2. The van der Waals surface area contributed by atoms with E-state index in [1.807, 2.05) is 47.4 Å². The Labute approximate surface area is 189 Å². The highest BCUT2D eigenvalue weighted by Gasteiger charge is 2.31. The van der Waals surface area contributed by atoms with Crippen LogP contribution in [0.2, 0.25) is 0 Å². The number of hydrogen-bond acceptors (Lipinski definition) is 8. The molecule has 0 N–H and O–H groups in total. The van der Waals surface area contributed by atoms with Gasteiger partial charge in [-0.2, -0.15) is 0 Å². The van der Waals surface area contributed by atoms with Crippen LogP contribution >= 0.6 is 11.8 Å². The number of methoxy groups -OCH3 is 1. The molecule has 3 aromatic rings. The predicted octanol–water partition coefficient (Wildman–Crippen LogP) is 3.97. The normalized spacial score (nSPS) is 17.4. The Hall–Kier alpha value is -3.20. The number of aromatic nitrogens is 2. The molecule has 32 heavy (non-hydrogen) atoms. The average Bonchev–Trinajstić information content (AvgIpc) is 3.52. The maximum Gasteiger partial charge on any atom is 0.277 e. The summed E-state index contributed by atoms with van der Waals surface area (Å²) in [5.74, 6) is 2.97. The van der Waals surface area contributed by atoms with Crippen LogP contribution in [0.25, 0.3) is 11.5 Å². The van der Waals surface area contributed by atoms with Crippen LogP contribution in [-0.4, -0.2) is 53.6 Å². The zero-order valence-electron chi connectivity index (χ0n) is 17.7. The predicted molar refractivity (Wildman–Crippen MR) is 118 cm³/mol. The Morgan fingerprint density at radius 1 is 1.12 bits per heavy atom. The van der Waals surface area contributed by atoms with E-state index >= 15 is 0 Å². The molecule has 1 atom stereocenters. The summed E-state index contributed by atoms with van der Waals surface area (Å²) < 4.78 is 22.2. The molecule has 0 bridgehead atoms. The Morgan fingerprint density at radius 3 is 2.75 bits per heavy atom. The molecule has 0 aliphatic carbocycles. The second-order valence-corrected chi connectivity index (χ2v) is 8.47. The lowest BCUT2D eigenvalue weighted by Crippen LogP contribution is -2.32. The highest BCUT2D eigenvalue weighted by molar-refractivity contribution is 7.99. The van der Waals surface area contributed by atoms with E-state index in [-0.39, 0.29) is 17.7 Å². The molecule has 3 heterocycles. The summed E-state index contributed by atoms with van der Waals surface area (Å²) in [6, 6.07) is 13.4. The van der Waals surface area contributed by atoms with E-state index in [1.165, 1.54) is 11.8 Å². The number of amides is 1. The smallest absolute Gasteiger partial charge is 0.277 e. The number of thioether (sulfide) groups is 1. The van der Waals surface area contributed by atoms with Crippen molar-refractivity contribution in [2.75, 3.05) is 32.6 Å². The van der Waals surface area contributed by atoms with Gasteiger partial charge in [0, 0.05) is 12.1 Å². The lowest BCUT2D eigenvalue weighted by atomic mass is 10.0. The zero-order valence-corrected chi connectivity index (χ0v) is 18.5. The quantitative estimate of drug-likeness (QED) is 0.518. The second kappa shape index (κ2) is 9.12. The van der Waals surface area contributed by atoms with Crippen LogP contribution in [0.4, 0.5) is 0 Å². The monoisotopic (exact) mass is 453 g/mol. The molecule has 1 amide bonds. The Balaban J connectivity index is 1.22. The van der Waals surface area contributed by atoms with Gasteiger partial charge in [0.2, 0.25) is 11.8 Å². The molecule has 9 heteroatoms. The summed E-state index contributed by atoms with van der Waals surface area (Å²) in [6.07, 6.45) is 1.90. The molecule has 1 unspecified atom stereocenters. The zero-order chi connectivity index (χ0) is 21.9. The summed E-state index contributed by atoms with van der Waals surface area (Å²) in [6.45, 7) is 1.84. The van der Waals surface area contributed by atoms with Crippen LogP contribution < -0.4 is 14.2 Å². The van der Waals surface area contributed by atoms with Crippen molar-refractivity contribution in [2.45, 2.75) is 24.1 Å². The molecule has 1 saturated heterocycles.